The van der Waals surface area contributed by atoms with E-state index in [1.165, 1.54) is 6.42 Å². The highest BCUT2D eigenvalue weighted by molar-refractivity contribution is 5.92. The van der Waals surface area contributed by atoms with Crippen LogP contribution in [0.1, 0.15) is 36.7 Å². The molecule has 2 heterocycles. The summed E-state index contributed by atoms with van der Waals surface area (Å²) in [5, 5.41) is 6.44. The van der Waals surface area contributed by atoms with Gasteiger partial charge in [0.25, 0.3) is 5.91 Å². The summed E-state index contributed by atoms with van der Waals surface area (Å²) in [6.45, 7) is 3.91. The molecule has 2 rings (SSSR count). The van der Waals surface area contributed by atoms with E-state index in [1.54, 1.807) is 6.07 Å². The van der Waals surface area contributed by atoms with Crippen LogP contribution in [0.5, 0.6) is 0 Å². The molecule has 1 atom stereocenters. The first-order valence-electron chi connectivity index (χ1n) is 5.77. The summed E-state index contributed by atoms with van der Waals surface area (Å²) in [5.74, 6) is 1.09. The van der Waals surface area contributed by atoms with Crippen molar-refractivity contribution in [2.24, 2.45) is 5.92 Å². The molecule has 1 aromatic rings. The molecule has 1 saturated heterocycles. The molecule has 1 amide bonds. The first-order chi connectivity index (χ1) is 7.66. The number of rotatable bonds is 1. The number of aromatic amines is 1. The molecule has 0 bridgehead atoms. The molecule has 1 fully saturated rings. The van der Waals surface area contributed by atoms with E-state index in [9.17, 15) is 4.79 Å². The highest BCUT2D eigenvalue weighted by atomic mass is 16.2. The summed E-state index contributed by atoms with van der Waals surface area (Å²) in [7, 11) is 0. The van der Waals surface area contributed by atoms with Crippen LogP contribution in [0.2, 0.25) is 0 Å². The predicted octanol–water partition coefficient (Wildman–Crippen LogP) is 1.25. The quantitative estimate of drug-likeness (QED) is 0.751. The van der Waals surface area contributed by atoms with Gasteiger partial charge in [-0.15, -0.1) is 0 Å². The van der Waals surface area contributed by atoms with E-state index in [0.29, 0.717) is 17.4 Å². The molecule has 5 nitrogen and oxygen atoms in total. The maximum atomic E-state index is 12.1. The normalized spacial score (nSPS) is 21.8. The van der Waals surface area contributed by atoms with Gasteiger partial charge in [0, 0.05) is 19.2 Å². The Morgan fingerprint density at radius 2 is 2.38 bits per heavy atom. The fraction of sp³-hybridized carbons (Fsp3) is 0.636. The van der Waals surface area contributed by atoms with Crippen LogP contribution >= 0.6 is 0 Å². The van der Waals surface area contributed by atoms with E-state index >= 15 is 0 Å². The van der Waals surface area contributed by atoms with Crippen LogP contribution in [0.25, 0.3) is 0 Å². The number of carbonyl (C=O) groups is 1. The zero-order valence-corrected chi connectivity index (χ0v) is 9.57. The largest absolute Gasteiger partial charge is 0.382 e. The van der Waals surface area contributed by atoms with Crippen LogP contribution in [-0.4, -0.2) is 34.1 Å². The Labute approximate surface area is 95.0 Å². The number of nitrogens with two attached hydrogens (primary N) is 1. The van der Waals surface area contributed by atoms with E-state index in [1.807, 2.05) is 4.90 Å². The summed E-state index contributed by atoms with van der Waals surface area (Å²) < 4.78 is 0. The predicted molar refractivity (Wildman–Crippen MR) is 61.9 cm³/mol. The van der Waals surface area contributed by atoms with Crippen molar-refractivity contribution in [2.45, 2.75) is 26.2 Å². The average molecular weight is 222 g/mol. The Balaban J connectivity index is 2.04. The molecule has 88 valence electrons. The van der Waals surface area contributed by atoms with E-state index < -0.39 is 0 Å². The molecule has 0 spiro atoms. The molecular formula is C11H18N4O. The Bertz CT molecular complexity index is 374. The van der Waals surface area contributed by atoms with E-state index in [4.69, 9.17) is 5.73 Å². The number of likely N-dealkylation sites (tertiary alicyclic amines) is 1. The number of hydrogen-bond donors (Lipinski definition) is 2. The molecule has 0 radical (unpaired) electrons. The van der Waals surface area contributed by atoms with Gasteiger partial charge in [0.2, 0.25) is 0 Å². The number of aromatic nitrogens is 2. The van der Waals surface area contributed by atoms with Gasteiger partial charge in [0.15, 0.2) is 0 Å². The van der Waals surface area contributed by atoms with Crippen molar-refractivity contribution >= 4 is 11.7 Å². The smallest absolute Gasteiger partial charge is 0.271 e. The lowest BCUT2D eigenvalue weighted by Crippen LogP contribution is -2.32. The van der Waals surface area contributed by atoms with Crippen molar-refractivity contribution in [1.29, 1.82) is 0 Å². The first kappa shape index (κ1) is 11.0. The summed E-state index contributed by atoms with van der Waals surface area (Å²) in [6, 6.07) is 1.59. The molecule has 3 N–H and O–H groups in total. The van der Waals surface area contributed by atoms with Crippen molar-refractivity contribution in [3.05, 3.63) is 11.8 Å². The lowest BCUT2D eigenvalue weighted by molar-refractivity contribution is 0.0754. The zero-order valence-electron chi connectivity index (χ0n) is 9.57. The third-order valence-corrected chi connectivity index (χ3v) is 3.13. The van der Waals surface area contributed by atoms with Gasteiger partial charge in [0.1, 0.15) is 11.5 Å². The highest BCUT2D eigenvalue weighted by Gasteiger charge is 2.20. The molecule has 5 heteroatoms. The Hall–Kier alpha value is -1.52. The minimum Gasteiger partial charge on any atom is -0.382 e. The van der Waals surface area contributed by atoms with Crippen molar-refractivity contribution in [3.8, 4) is 0 Å². The number of nitrogen functional groups attached to an aromatic ring is 1. The zero-order chi connectivity index (χ0) is 11.5. The fourth-order valence-electron chi connectivity index (χ4n) is 2.08. The minimum absolute atomic E-state index is 0.0123. The molecule has 1 aliphatic rings. The fourth-order valence-corrected chi connectivity index (χ4v) is 2.08. The third-order valence-electron chi connectivity index (χ3n) is 3.13. The molecule has 0 aromatic carbocycles. The van der Waals surface area contributed by atoms with Gasteiger partial charge in [-0.25, -0.2) is 0 Å². The number of carbonyl (C=O) groups excluding carboxylic acids is 1. The maximum absolute atomic E-state index is 12.1. The standard InChI is InChI=1S/C11H18N4O/c1-8-3-2-5-15(6-4-8)11(16)9-7-10(12)14-13-9/h7-8H,2-6H2,1H3,(H3,12,13,14). The van der Waals surface area contributed by atoms with Gasteiger partial charge in [-0.1, -0.05) is 6.92 Å². The van der Waals surface area contributed by atoms with Crippen LogP contribution in [0.4, 0.5) is 5.82 Å². The summed E-state index contributed by atoms with van der Waals surface area (Å²) in [4.78, 5) is 14.0. The van der Waals surface area contributed by atoms with Gasteiger partial charge in [-0.05, 0) is 25.2 Å². The summed E-state index contributed by atoms with van der Waals surface area (Å²) in [5.41, 5.74) is 5.98. The molecule has 16 heavy (non-hydrogen) atoms. The minimum atomic E-state index is 0.0123. The van der Waals surface area contributed by atoms with Crippen LogP contribution < -0.4 is 5.73 Å². The number of H-pyrrole nitrogens is 1. The highest BCUT2D eigenvalue weighted by Crippen LogP contribution is 2.18. The second-order valence-electron chi connectivity index (χ2n) is 4.53. The molecule has 1 aliphatic heterocycles. The average Bonchev–Trinajstić information content (AvgIpc) is 2.57. The van der Waals surface area contributed by atoms with Gasteiger partial charge in [0.05, 0.1) is 0 Å². The lowest BCUT2D eigenvalue weighted by atomic mass is 10.0. The van der Waals surface area contributed by atoms with Crippen molar-refractivity contribution < 1.29 is 4.79 Å². The number of nitrogens with zero attached hydrogens (tertiary/aromatic N) is 2. The van der Waals surface area contributed by atoms with Crippen molar-refractivity contribution in [3.63, 3.8) is 0 Å². The maximum Gasteiger partial charge on any atom is 0.271 e. The Morgan fingerprint density at radius 3 is 3.06 bits per heavy atom. The molecule has 1 unspecified atom stereocenters. The van der Waals surface area contributed by atoms with E-state index in [0.717, 1.165) is 25.9 Å². The van der Waals surface area contributed by atoms with Crippen molar-refractivity contribution in [2.75, 3.05) is 18.8 Å². The van der Waals surface area contributed by atoms with Crippen LogP contribution in [0.3, 0.4) is 0 Å². The van der Waals surface area contributed by atoms with Crippen LogP contribution in [0, 0.1) is 5.92 Å². The lowest BCUT2D eigenvalue weighted by Gasteiger charge is -2.19. The molecular weight excluding hydrogens is 204 g/mol. The van der Waals surface area contributed by atoms with Gasteiger partial charge in [-0.3, -0.25) is 9.89 Å². The number of amides is 1. The SMILES string of the molecule is CC1CCCN(C(=O)c2cc(N)n[nH]2)CC1. The Morgan fingerprint density at radius 1 is 1.56 bits per heavy atom. The number of hydrogen-bond acceptors (Lipinski definition) is 3. The van der Waals surface area contributed by atoms with E-state index in [2.05, 4.69) is 17.1 Å². The van der Waals surface area contributed by atoms with Gasteiger partial charge >= 0.3 is 0 Å². The third kappa shape index (κ3) is 2.35. The Kier molecular flexibility index (Phi) is 3.12. The topological polar surface area (TPSA) is 75.0 Å². The number of anilines is 1. The van der Waals surface area contributed by atoms with Crippen LogP contribution in [0.15, 0.2) is 6.07 Å². The second kappa shape index (κ2) is 4.55. The van der Waals surface area contributed by atoms with Gasteiger partial charge < -0.3 is 10.6 Å². The first-order valence-corrected chi connectivity index (χ1v) is 5.77. The monoisotopic (exact) mass is 222 g/mol. The molecule has 0 aliphatic carbocycles. The molecule has 0 saturated carbocycles. The van der Waals surface area contributed by atoms with E-state index in [-0.39, 0.29) is 5.91 Å². The molecule has 1 aromatic heterocycles. The second-order valence-corrected chi connectivity index (χ2v) is 4.53. The number of nitrogens with one attached hydrogen (secondary N) is 1. The summed E-state index contributed by atoms with van der Waals surface area (Å²) in [6.07, 6.45) is 3.36. The van der Waals surface area contributed by atoms with Crippen LogP contribution in [-0.2, 0) is 0 Å². The van der Waals surface area contributed by atoms with Crippen molar-refractivity contribution in [1.82, 2.24) is 15.1 Å². The summed E-state index contributed by atoms with van der Waals surface area (Å²) >= 11 is 0. The van der Waals surface area contributed by atoms with Gasteiger partial charge in [-0.2, -0.15) is 5.10 Å².